The molecule has 144 valence electrons. The number of phenols is 1. The number of benzene rings is 2. The zero-order valence-corrected chi connectivity index (χ0v) is 16.5. The Balaban J connectivity index is 1.94. The normalized spacial score (nSPS) is 13.9. The van der Waals surface area contributed by atoms with Crippen molar-refractivity contribution in [2.75, 3.05) is 17.1 Å². The summed E-state index contributed by atoms with van der Waals surface area (Å²) >= 11 is 11.7. The van der Waals surface area contributed by atoms with Gasteiger partial charge >= 0.3 is 0 Å². The molecule has 3 N–H and O–H groups in total. The van der Waals surface area contributed by atoms with E-state index in [0.29, 0.717) is 5.69 Å². The molecule has 1 saturated carbocycles. The molecule has 27 heavy (non-hydrogen) atoms. The SMILES string of the molecule is COc1ccc(NC(=O)C2CC2)cc1NS(=O)(=O)c1cc(Cl)cc(Cl)c1O. The third-order valence-corrected chi connectivity index (χ3v) is 5.83. The van der Waals surface area contributed by atoms with E-state index >= 15 is 0 Å². The maximum absolute atomic E-state index is 12.7. The Kier molecular flexibility index (Phi) is 5.41. The lowest BCUT2D eigenvalue weighted by molar-refractivity contribution is -0.117. The zero-order valence-electron chi connectivity index (χ0n) is 14.1. The number of hydrogen-bond acceptors (Lipinski definition) is 5. The predicted octanol–water partition coefficient (Wildman–Crippen LogP) is 3.86. The fraction of sp³-hybridized carbons (Fsp3) is 0.235. The number of amides is 1. The molecule has 1 aliphatic rings. The number of methoxy groups -OCH3 is 1. The van der Waals surface area contributed by atoms with Crippen LogP contribution in [-0.2, 0) is 14.8 Å². The van der Waals surface area contributed by atoms with Gasteiger partial charge in [0.1, 0.15) is 10.6 Å². The van der Waals surface area contributed by atoms with Crippen LogP contribution in [0.15, 0.2) is 35.2 Å². The first-order valence-corrected chi connectivity index (χ1v) is 10.1. The highest BCUT2D eigenvalue weighted by Crippen LogP contribution is 2.37. The summed E-state index contributed by atoms with van der Waals surface area (Å²) in [4.78, 5) is 11.4. The molecule has 2 aromatic rings. The molecule has 0 saturated heterocycles. The third kappa shape index (κ3) is 4.40. The van der Waals surface area contributed by atoms with Gasteiger partial charge in [-0.15, -0.1) is 0 Å². The summed E-state index contributed by atoms with van der Waals surface area (Å²) in [5.41, 5.74) is 0.500. The summed E-state index contributed by atoms with van der Waals surface area (Å²) in [7, 11) is -2.85. The van der Waals surface area contributed by atoms with E-state index in [-0.39, 0.29) is 33.3 Å². The Morgan fingerprint density at radius 3 is 2.56 bits per heavy atom. The lowest BCUT2D eigenvalue weighted by Gasteiger charge is -2.15. The highest BCUT2D eigenvalue weighted by Gasteiger charge is 2.30. The molecule has 0 bridgehead atoms. The number of nitrogens with one attached hydrogen (secondary N) is 2. The number of ether oxygens (including phenoxy) is 1. The fourth-order valence-corrected chi connectivity index (χ4v) is 4.22. The van der Waals surface area contributed by atoms with Gasteiger partial charge in [0.05, 0.1) is 17.8 Å². The van der Waals surface area contributed by atoms with Crippen LogP contribution in [0.1, 0.15) is 12.8 Å². The van der Waals surface area contributed by atoms with E-state index in [9.17, 15) is 18.3 Å². The summed E-state index contributed by atoms with van der Waals surface area (Å²) in [5.74, 6) is -0.507. The minimum absolute atomic E-state index is 0.00204. The molecule has 10 heteroatoms. The van der Waals surface area contributed by atoms with E-state index < -0.39 is 20.7 Å². The van der Waals surface area contributed by atoms with Crippen LogP contribution in [0, 0.1) is 5.92 Å². The number of rotatable bonds is 6. The zero-order chi connectivity index (χ0) is 19.8. The van der Waals surface area contributed by atoms with Gasteiger partial charge in [-0.3, -0.25) is 9.52 Å². The largest absolute Gasteiger partial charge is 0.505 e. The van der Waals surface area contributed by atoms with Gasteiger partial charge in [0, 0.05) is 16.6 Å². The lowest BCUT2D eigenvalue weighted by atomic mass is 10.2. The van der Waals surface area contributed by atoms with E-state index in [2.05, 4.69) is 10.0 Å². The summed E-state index contributed by atoms with van der Waals surface area (Å²) in [6.45, 7) is 0. The smallest absolute Gasteiger partial charge is 0.265 e. The molecule has 0 unspecified atom stereocenters. The van der Waals surface area contributed by atoms with E-state index in [4.69, 9.17) is 27.9 Å². The second kappa shape index (κ2) is 7.46. The number of carbonyl (C=O) groups excluding carboxylic acids is 1. The molecule has 1 fully saturated rings. The third-order valence-electron chi connectivity index (χ3n) is 3.94. The van der Waals surface area contributed by atoms with Crippen molar-refractivity contribution in [2.45, 2.75) is 17.7 Å². The van der Waals surface area contributed by atoms with Crippen LogP contribution >= 0.6 is 23.2 Å². The Morgan fingerprint density at radius 1 is 1.22 bits per heavy atom. The monoisotopic (exact) mass is 430 g/mol. The van der Waals surface area contributed by atoms with Gasteiger partial charge in [0.25, 0.3) is 10.0 Å². The number of aromatic hydroxyl groups is 1. The number of phenolic OH excluding ortho intramolecular Hbond substituents is 1. The van der Waals surface area contributed by atoms with Crippen LogP contribution in [0.25, 0.3) is 0 Å². The number of hydrogen-bond donors (Lipinski definition) is 3. The molecule has 1 aliphatic carbocycles. The Labute approximate surface area is 166 Å². The van der Waals surface area contributed by atoms with E-state index in [1.807, 2.05) is 0 Å². The van der Waals surface area contributed by atoms with Gasteiger partial charge in [-0.25, -0.2) is 8.42 Å². The van der Waals surface area contributed by atoms with E-state index in [0.717, 1.165) is 18.9 Å². The minimum atomic E-state index is -4.23. The van der Waals surface area contributed by atoms with E-state index in [1.165, 1.54) is 25.3 Å². The van der Waals surface area contributed by atoms with Crippen LogP contribution in [0.5, 0.6) is 11.5 Å². The first-order chi connectivity index (χ1) is 12.7. The Bertz CT molecular complexity index is 1010. The first-order valence-electron chi connectivity index (χ1n) is 7.91. The molecule has 1 amide bonds. The van der Waals surface area contributed by atoms with Crippen molar-refractivity contribution >= 4 is 50.5 Å². The number of halogens is 2. The number of anilines is 2. The summed E-state index contributed by atoms with van der Waals surface area (Å²) in [5, 5.41) is 12.6. The molecule has 0 atom stereocenters. The van der Waals surface area contributed by atoms with Crippen molar-refractivity contribution in [3.63, 3.8) is 0 Å². The summed E-state index contributed by atoms with van der Waals surface area (Å²) in [6.07, 6.45) is 1.69. The highest BCUT2D eigenvalue weighted by molar-refractivity contribution is 7.92. The quantitative estimate of drug-likeness (QED) is 0.645. The van der Waals surface area contributed by atoms with Crippen LogP contribution in [0.3, 0.4) is 0 Å². The Morgan fingerprint density at radius 2 is 1.93 bits per heavy atom. The molecule has 2 aromatic carbocycles. The second-order valence-electron chi connectivity index (χ2n) is 6.02. The second-order valence-corrected chi connectivity index (χ2v) is 8.51. The van der Waals surface area contributed by atoms with Crippen LogP contribution in [0.4, 0.5) is 11.4 Å². The van der Waals surface area contributed by atoms with Gasteiger partial charge in [0.2, 0.25) is 5.91 Å². The number of carbonyl (C=O) groups is 1. The van der Waals surface area contributed by atoms with Crippen molar-refractivity contribution in [1.82, 2.24) is 0 Å². The van der Waals surface area contributed by atoms with Crippen molar-refractivity contribution in [3.05, 3.63) is 40.4 Å². The van der Waals surface area contributed by atoms with Gasteiger partial charge < -0.3 is 15.2 Å². The van der Waals surface area contributed by atoms with Gasteiger partial charge in [0.15, 0.2) is 5.75 Å². The standard InChI is InChI=1S/C17H16Cl2N2O5S/c1-26-14-5-4-11(20-17(23)9-2-3-9)8-13(14)21-27(24,25)15-7-10(18)6-12(19)16(15)22/h4-9,21-22H,2-3H2,1H3,(H,20,23). The predicted molar refractivity (Wildman–Crippen MR) is 103 cm³/mol. The average molecular weight is 431 g/mol. The fourth-order valence-electron chi connectivity index (χ4n) is 2.40. The van der Waals surface area contributed by atoms with Crippen molar-refractivity contribution in [2.24, 2.45) is 5.92 Å². The molecule has 0 spiro atoms. The van der Waals surface area contributed by atoms with Gasteiger partial charge in [-0.2, -0.15) is 0 Å². The van der Waals surface area contributed by atoms with Gasteiger partial charge in [-0.1, -0.05) is 23.2 Å². The minimum Gasteiger partial charge on any atom is -0.505 e. The molecule has 7 nitrogen and oxygen atoms in total. The lowest BCUT2D eigenvalue weighted by Crippen LogP contribution is -2.16. The molecular weight excluding hydrogens is 415 g/mol. The van der Waals surface area contributed by atoms with Crippen molar-refractivity contribution in [3.8, 4) is 11.5 Å². The maximum Gasteiger partial charge on any atom is 0.265 e. The maximum atomic E-state index is 12.7. The van der Waals surface area contributed by atoms with Crippen LogP contribution < -0.4 is 14.8 Å². The molecule has 3 rings (SSSR count). The molecule has 0 aromatic heterocycles. The molecule has 0 radical (unpaired) electrons. The average Bonchev–Trinajstić information content (AvgIpc) is 3.43. The van der Waals surface area contributed by atoms with Crippen LogP contribution in [0.2, 0.25) is 10.0 Å². The van der Waals surface area contributed by atoms with Crippen molar-refractivity contribution in [1.29, 1.82) is 0 Å². The van der Waals surface area contributed by atoms with E-state index in [1.54, 1.807) is 6.07 Å². The summed E-state index contributed by atoms with van der Waals surface area (Å²) in [6, 6.07) is 6.86. The summed E-state index contributed by atoms with van der Waals surface area (Å²) < 4.78 is 32.9. The van der Waals surface area contributed by atoms with Crippen molar-refractivity contribution < 1.29 is 23.1 Å². The number of sulfonamides is 1. The molecule has 0 heterocycles. The van der Waals surface area contributed by atoms with Crippen LogP contribution in [-0.4, -0.2) is 26.5 Å². The molecule has 0 aliphatic heterocycles. The topological polar surface area (TPSA) is 105 Å². The first kappa shape index (κ1) is 19.6. The highest BCUT2D eigenvalue weighted by atomic mass is 35.5. The molecular formula is C17H16Cl2N2O5S. The van der Waals surface area contributed by atoms with Gasteiger partial charge in [-0.05, 0) is 43.2 Å². The Hall–Kier alpha value is -2.16.